The van der Waals surface area contributed by atoms with E-state index in [2.05, 4.69) is 20.8 Å². The van der Waals surface area contributed by atoms with Crippen LogP contribution in [0.5, 0.6) is 0 Å². The SMILES string of the molecule is CC(=O)N[C@H](CC(=O)Nc1nnc(-c2ccco2)s1)c1ccccc1. The highest BCUT2D eigenvalue weighted by atomic mass is 32.1. The third-order valence-electron chi connectivity index (χ3n) is 3.37. The first-order chi connectivity index (χ1) is 12.1. The molecule has 0 aliphatic carbocycles. The van der Waals surface area contributed by atoms with Crippen LogP contribution in [0.4, 0.5) is 5.13 Å². The summed E-state index contributed by atoms with van der Waals surface area (Å²) in [6.07, 6.45) is 1.64. The summed E-state index contributed by atoms with van der Waals surface area (Å²) >= 11 is 1.22. The van der Waals surface area contributed by atoms with Gasteiger partial charge in [-0.2, -0.15) is 0 Å². The Labute approximate surface area is 148 Å². The largest absolute Gasteiger partial charge is 0.462 e. The standard InChI is InChI=1S/C17H16N4O3S/c1-11(22)18-13(12-6-3-2-4-7-12)10-15(23)19-17-21-20-16(25-17)14-8-5-9-24-14/h2-9,13H,10H2,1H3,(H,18,22)(H,19,21,23)/t13-/m1/s1. The van der Waals surface area contributed by atoms with Crippen molar-refractivity contribution < 1.29 is 14.0 Å². The fourth-order valence-corrected chi connectivity index (χ4v) is 3.04. The molecular formula is C17H16N4O3S. The topological polar surface area (TPSA) is 97.1 Å². The molecule has 2 aromatic heterocycles. The number of benzene rings is 1. The number of nitrogens with zero attached hydrogens (tertiary/aromatic N) is 2. The molecule has 0 saturated carbocycles. The van der Waals surface area contributed by atoms with Crippen LogP contribution in [0.2, 0.25) is 0 Å². The second kappa shape index (κ2) is 7.71. The van der Waals surface area contributed by atoms with Crippen LogP contribution < -0.4 is 10.6 Å². The van der Waals surface area contributed by atoms with Gasteiger partial charge >= 0.3 is 0 Å². The summed E-state index contributed by atoms with van der Waals surface area (Å²) in [6.45, 7) is 1.42. The van der Waals surface area contributed by atoms with E-state index in [4.69, 9.17) is 4.42 Å². The van der Waals surface area contributed by atoms with Gasteiger partial charge in [-0.15, -0.1) is 10.2 Å². The average Bonchev–Trinajstić information content (AvgIpc) is 3.26. The number of carbonyl (C=O) groups is 2. The Balaban J connectivity index is 1.66. The van der Waals surface area contributed by atoms with Crippen molar-refractivity contribution in [2.24, 2.45) is 0 Å². The van der Waals surface area contributed by atoms with Crippen molar-refractivity contribution in [1.82, 2.24) is 15.5 Å². The second-order valence-corrected chi connectivity index (χ2v) is 6.28. The van der Waals surface area contributed by atoms with Gasteiger partial charge in [0.15, 0.2) is 10.8 Å². The zero-order chi connectivity index (χ0) is 17.6. The number of aromatic nitrogens is 2. The van der Waals surface area contributed by atoms with Gasteiger partial charge in [0.1, 0.15) is 0 Å². The van der Waals surface area contributed by atoms with Crippen molar-refractivity contribution in [3.63, 3.8) is 0 Å². The van der Waals surface area contributed by atoms with Gasteiger partial charge in [-0.25, -0.2) is 0 Å². The Morgan fingerprint density at radius 3 is 2.64 bits per heavy atom. The Bertz CT molecular complexity index is 846. The number of furan rings is 1. The lowest BCUT2D eigenvalue weighted by Crippen LogP contribution is -2.29. The van der Waals surface area contributed by atoms with E-state index < -0.39 is 6.04 Å². The van der Waals surface area contributed by atoms with Gasteiger partial charge in [0.2, 0.25) is 16.9 Å². The van der Waals surface area contributed by atoms with Crippen LogP contribution in [0.15, 0.2) is 53.1 Å². The van der Waals surface area contributed by atoms with Crippen LogP contribution in [-0.2, 0) is 9.59 Å². The van der Waals surface area contributed by atoms with Crippen molar-refractivity contribution in [2.45, 2.75) is 19.4 Å². The number of nitrogens with one attached hydrogen (secondary N) is 2. The smallest absolute Gasteiger partial charge is 0.228 e. The molecule has 0 fully saturated rings. The molecule has 3 rings (SSSR count). The summed E-state index contributed by atoms with van der Waals surface area (Å²) in [4.78, 5) is 23.8. The molecule has 0 unspecified atom stereocenters. The third kappa shape index (κ3) is 4.51. The highest BCUT2D eigenvalue weighted by Gasteiger charge is 2.18. The first-order valence-corrected chi connectivity index (χ1v) is 8.43. The lowest BCUT2D eigenvalue weighted by atomic mass is 10.0. The minimum absolute atomic E-state index is 0.0965. The van der Waals surface area contributed by atoms with Crippen molar-refractivity contribution in [2.75, 3.05) is 5.32 Å². The van der Waals surface area contributed by atoms with Crippen LogP contribution in [-0.4, -0.2) is 22.0 Å². The molecule has 2 N–H and O–H groups in total. The van der Waals surface area contributed by atoms with E-state index in [1.807, 2.05) is 30.3 Å². The summed E-state index contributed by atoms with van der Waals surface area (Å²) in [5, 5.41) is 14.4. The van der Waals surface area contributed by atoms with Gasteiger partial charge in [-0.1, -0.05) is 41.7 Å². The van der Waals surface area contributed by atoms with Crippen molar-refractivity contribution >= 4 is 28.3 Å². The van der Waals surface area contributed by atoms with Crippen molar-refractivity contribution in [3.05, 3.63) is 54.3 Å². The molecule has 1 aromatic carbocycles. The fraction of sp³-hybridized carbons (Fsp3) is 0.176. The van der Waals surface area contributed by atoms with Gasteiger partial charge in [0, 0.05) is 6.92 Å². The Kier molecular flexibility index (Phi) is 5.20. The van der Waals surface area contributed by atoms with E-state index >= 15 is 0 Å². The molecule has 0 aliphatic rings. The molecule has 0 radical (unpaired) electrons. The molecule has 0 spiro atoms. The molecule has 3 aromatic rings. The maximum Gasteiger partial charge on any atom is 0.228 e. The quantitative estimate of drug-likeness (QED) is 0.708. The highest BCUT2D eigenvalue weighted by molar-refractivity contribution is 7.18. The van der Waals surface area contributed by atoms with Gasteiger partial charge in [0.25, 0.3) is 0 Å². The lowest BCUT2D eigenvalue weighted by Gasteiger charge is -2.17. The molecule has 7 nitrogen and oxygen atoms in total. The van der Waals surface area contributed by atoms with Gasteiger partial charge in [-0.05, 0) is 17.7 Å². The Hall–Kier alpha value is -3.00. The minimum Gasteiger partial charge on any atom is -0.462 e. The van der Waals surface area contributed by atoms with E-state index in [1.54, 1.807) is 18.4 Å². The summed E-state index contributed by atoms with van der Waals surface area (Å²) in [6, 6.07) is 12.5. The number of amides is 2. The van der Waals surface area contributed by atoms with E-state index in [1.165, 1.54) is 18.3 Å². The molecule has 0 aliphatic heterocycles. The van der Waals surface area contributed by atoms with Crippen LogP contribution >= 0.6 is 11.3 Å². The number of hydrogen-bond acceptors (Lipinski definition) is 6. The molecule has 2 amide bonds. The molecule has 8 heteroatoms. The van der Waals surface area contributed by atoms with Gasteiger partial charge in [-0.3, -0.25) is 9.59 Å². The number of carbonyl (C=O) groups excluding carboxylic acids is 2. The Morgan fingerprint density at radius 1 is 1.16 bits per heavy atom. The van der Waals surface area contributed by atoms with E-state index in [0.717, 1.165) is 5.56 Å². The monoisotopic (exact) mass is 356 g/mol. The third-order valence-corrected chi connectivity index (χ3v) is 4.23. The average molecular weight is 356 g/mol. The lowest BCUT2D eigenvalue weighted by molar-refractivity contribution is -0.120. The molecule has 0 saturated heterocycles. The fourth-order valence-electron chi connectivity index (χ4n) is 2.31. The first-order valence-electron chi connectivity index (χ1n) is 7.61. The first kappa shape index (κ1) is 16.8. The van der Waals surface area contributed by atoms with E-state index in [9.17, 15) is 9.59 Å². The zero-order valence-electron chi connectivity index (χ0n) is 13.4. The summed E-state index contributed by atoms with van der Waals surface area (Å²) in [7, 11) is 0. The molecule has 1 atom stereocenters. The molecule has 128 valence electrons. The number of hydrogen-bond donors (Lipinski definition) is 2. The number of rotatable bonds is 6. The van der Waals surface area contributed by atoms with Crippen LogP contribution in [0.1, 0.15) is 24.9 Å². The van der Waals surface area contributed by atoms with Crippen LogP contribution in [0.3, 0.4) is 0 Å². The van der Waals surface area contributed by atoms with Crippen molar-refractivity contribution in [3.8, 4) is 10.8 Å². The highest BCUT2D eigenvalue weighted by Crippen LogP contribution is 2.27. The maximum absolute atomic E-state index is 12.3. The molecule has 2 heterocycles. The van der Waals surface area contributed by atoms with Gasteiger partial charge < -0.3 is 15.1 Å². The predicted molar refractivity (Wildman–Crippen MR) is 93.9 cm³/mol. The van der Waals surface area contributed by atoms with E-state index in [0.29, 0.717) is 15.9 Å². The second-order valence-electron chi connectivity index (χ2n) is 5.31. The number of anilines is 1. The van der Waals surface area contributed by atoms with Crippen LogP contribution in [0, 0.1) is 0 Å². The van der Waals surface area contributed by atoms with Gasteiger partial charge in [0.05, 0.1) is 18.7 Å². The zero-order valence-corrected chi connectivity index (χ0v) is 14.2. The normalized spacial score (nSPS) is 11.7. The summed E-state index contributed by atoms with van der Waals surface area (Å²) in [5.41, 5.74) is 0.862. The molecule has 0 bridgehead atoms. The minimum atomic E-state index is -0.406. The van der Waals surface area contributed by atoms with Crippen LogP contribution in [0.25, 0.3) is 10.8 Å². The maximum atomic E-state index is 12.3. The predicted octanol–water partition coefficient (Wildman–Crippen LogP) is 3.00. The molecule has 25 heavy (non-hydrogen) atoms. The summed E-state index contributed by atoms with van der Waals surface area (Å²) < 4.78 is 5.25. The Morgan fingerprint density at radius 2 is 1.96 bits per heavy atom. The molecular weight excluding hydrogens is 340 g/mol. The van der Waals surface area contributed by atoms with Crippen molar-refractivity contribution in [1.29, 1.82) is 0 Å². The summed E-state index contributed by atoms with van der Waals surface area (Å²) in [5.74, 6) is 0.140. The van der Waals surface area contributed by atoms with E-state index in [-0.39, 0.29) is 18.2 Å².